The van der Waals surface area contributed by atoms with Crippen molar-refractivity contribution in [1.29, 1.82) is 0 Å². The molecule has 1 aromatic rings. The first-order chi connectivity index (χ1) is 4.79. The molecule has 0 spiro atoms. The van der Waals surface area contributed by atoms with Crippen LogP contribution in [0.3, 0.4) is 0 Å². The minimum absolute atomic E-state index is 0.216. The third kappa shape index (κ3) is 1.85. The highest BCUT2D eigenvalue weighted by Gasteiger charge is 1.91. The molecule has 0 saturated carbocycles. The van der Waals surface area contributed by atoms with E-state index >= 15 is 0 Å². The van der Waals surface area contributed by atoms with Crippen LogP contribution >= 0.6 is 0 Å². The summed E-state index contributed by atoms with van der Waals surface area (Å²) in [6.45, 7) is 0. The van der Waals surface area contributed by atoms with Gasteiger partial charge in [0.2, 0.25) is 6.33 Å². The SMILES string of the molecule is CN(C)C=Nc1n[c]no1. The molecule has 0 fully saturated rings. The summed E-state index contributed by atoms with van der Waals surface area (Å²) in [5.74, 6) is 0. The van der Waals surface area contributed by atoms with Gasteiger partial charge in [-0.15, -0.1) is 0 Å². The molecule has 0 amide bonds. The van der Waals surface area contributed by atoms with E-state index < -0.39 is 0 Å². The van der Waals surface area contributed by atoms with Crippen LogP contribution in [0.4, 0.5) is 6.01 Å². The average Bonchev–Trinajstić information content (AvgIpc) is 2.34. The maximum Gasteiger partial charge on any atom is 0.349 e. The van der Waals surface area contributed by atoms with Gasteiger partial charge in [-0.3, -0.25) is 0 Å². The molecule has 10 heavy (non-hydrogen) atoms. The molecule has 0 bridgehead atoms. The Morgan fingerprint density at radius 1 is 1.70 bits per heavy atom. The summed E-state index contributed by atoms with van der Waals surface area (Å²) in [5.41, 5.74) is 0. The minimum Gasteiger partial charge on any atom is -0.369 e. The fourth-order valence-electron chi connectivity index (χ4n) is 0.362. The molecule has 1 aromatic heterocycles. The number of aliphatic imine (C=N–C) groups is 1. The molecular weight excluding hydrogens is 132 g/mol. The number of hydrogen-bond acceptors (Lipinski definition) is 4. The van der Waals surface area contributed by atoms with Crippen LogP contribution in [0.25, 0.3) is 0 Å². The van der Waals surface area contributed by atoms with Crippen LogP contribution in [0.15, 0.2) is 9.52 Å². The fraction of sp³-hybridized carbons (Fsp3) is 0.400. The zero-order chi connectivity index (χ0) is 7.40. The maximum absolute atomic E-state index is 4.54. The summed E-state index contributed by atoms with van der Waals surface area (Å²) in [5, 5.41) is 3.26. The summed E-state index contributed by atoms with van der Waals surface area (Å²) in [6, 6.07) is 0.216. The van der Waals surface area contributed by atoms with Crippen molar-refractivity contribution in [1.82, 2.24) is 15.0 Å². The Labute approximate surface area is 58.4 Å². The van der Waals surface area contributed by atoms with Crippen LogP contribution in [0.2, 0.25) is 0 Å². The predicted octanol–water partition coefficient (Wildman–Crippen LogP) is 0.0912. The summed E-state index contributed by atoms with van der Waals surface area (Å²) in [6.07, 6.45) is 3.83. The van der Waals surface area contributed by atoms with Gasteiger partial charge in [0, 0.05) is 14.1 Å². The van der Waals surface area contributed by atoms with E-state index in [2.05, 4.69) is 26.0 Å². The van der Waals surface area contributed by atoms with Crippen LogP contribution in [-0.4, -0.2) is 35.5 Å². The second-order valence-corrected chi connectivity index (χ2v) is 1.89. The summed E-state index contributed by atoms with van der Waals surface area (Å²) < 4.78 is 4.54. The molecule has 0 N–H and O–H groups in total. The van der Waals surface area contributed by atoms with Crippen molar-refractivity contribution in [2.24, 2.45) is 4.99 Å². The highest BCUT2D eigenvalue weighted by atomic mass is 16.5. The number of nitrogens with zero attached hydrogens (tertiary/aromatic N) is 4. The van der Waals surface area contributed by atoms with Crippen molar-refractivity contribution in [2.75, 3.05) is 14.1 Å². The van der Waals surface area contributed by atoms with Gasteiger partial charge >= 0.3 is 6.01 Å². The Hall–Kier alpha value is -1.39. The second kappa shape index (κ2) is 2.95. The molecule has 0 aromatic carbocycles. The number of aromatic nitrogens is 2. The number of hydrogen-bond donors (Lipinski definition) is 0. The number of rotatable bonds is 2. The third-order valence-corrected chi connectivity index (χ3v) is 0.713. The Morgan fingerprint density at radius 2 is 2.50 bits per heavy atom. The van der Waals surface area contributed by atoms with Crippen LogP contribution in [0.5, 0.6) is 0 Å². The Bertz CT molecular complexity index is 203. The molecule has 1 rings (SSSR count). The molecule has 0 aliphatic carbocycles. The van der Waals surface area contributed by atoms with Gasteiger partial charge in [0.25, 0.3) is 0 Å². The van der Waals surface area contributed by atoms with Gasteiger partial charge in [0.1, 0.15) is 0 Å². The van der Waals surface area contributed by atoms with E-state index in [9.17, 15) is 0 Å². The molecule has 0 saturated heterocycles. The summed E-state index contributed by atoms with van der Waals surface area (Å²) in [7, 11) is 3.70. The Balaban J connectivity index is 2.55. The van der Waals surface area contributed by atoms with Crippen LogP contribution in [-0.2, 0) is 0 Å². The van der Waals surface area contributed by atoms with Crippen molar-refractivity contribution in [3.05, 3.63) is 6.33 Å². The molecule has 0 unspecified atom stereocenters. The normalized spacial score (nSPS) is 10.6. The van der Waals surface area contributed by atoms with Gasteiger partial charge < -0.3 is 9.42 Å². The van der Waals surface area contributed by atoms with E-state index in [4.69, 9.17) is 0 Å². The quantitative estimate of drug-likeness (QED) is 0.430. The molecule has 5 nitrogen and oxygen atoms in total. The standard InChI is InChI=1S/C5H7N4O/c1-9(2)4-7-5-6-3-8-10-5/h4H,1-2H3. The van der Waals surface area contributed by atoms with Crippen LogP contribution in [0, 0.1) is 6.33 Å². The Morgan fingerprint density at radius 3 is 3.00 bits per heavy atom. The first kappa shape index (κ1) is 6.73. The largest absolute Gasteiger partial charge is 0.369 e. The van der Waals surface area contributed by atoms with Gasteiger partial charge in [-0.1, -0.05) is 5.16 Å². The van der Waals surface area contributed by atoms with Gasteiger partial charge in [-0.2, -0.15) is 9.98 Å². The zero-order valence-corrected chi connectivity index (χ0v) is 5.77. The molecule has 0 atom stereocenters. The highest BCUT2D eigenvalue weighted by Crippen LogP contribution is 2.00. The van der Waals surface area contributed by atoms with E-state index in [1.54, 1.807) is 11.2 Å². The van der Waals surface area contributed by atoms with Crippen LogP contribution in [0.1, 0.15) is 0 Å². The fourth-order valence-corrected chi connectivity index (χ4v) is 0.362. The first-order valence-corrected chi connectivity index (χ1v) is 2.69. The van der Waals surface area contributed by atoms with E-state index in [0.29, 0.717) is 0 Å². The van der Waals surface area contributed by atoms with E-state index in [0.717, 1.165) is 0 Å². The highest BCUT2D eigenvalue weighted by molar-refractivity contribution is 5.56. The molecule has 0 aliphatic heterocycles. The first-order valence-electron chi connectivity index (χ1n) is 2.69. The Kier molecular flexibility index (Phi) is 1.99. The molecule has 1 radical (unpaired) electrons. The maximum atomic E-state index is 4.54. The van der Waals surface area contributed by atoms with Crippen molar-refractivity contribution in [2.45, 2.75) is 0 Å². The lowest BCUT2D eigenvalue weighted by atomic mass is 10.9. The van der Waals surface area contributed by atoms with Gasteiger partial charge in [-0.25, -0.2) is 0 Å². The lowest BCUT2D eigenvalue weighted by molar-refractivity contribution is 0.426. The van der Waals surface area contributed by atoms with Crippen LogP contribution < -0.4 is 0 Å². The van der Waals surface area contributed by atoms with Crippen molar-refractivity contribution >= 4 is 12.4 Å². The average molecular weight is 139 g/mol. The smallest absolute Gasteiger partial charge is 0.349 e. The minimum atomic E-state index is 0.216. The predicted molar refractivity (Wildman–Crippen MR) is 35.0 cm³/mol. The van der Waals surface area contributed by atoms with Gasteiger partial charge in [0.05, 0.1) is 6.34 Å². The molecular formula is C5H7N4O. The lowest BCUT2D eigenvalue weighted by Gasteiger charge is -1.98. The summed E-state index contributed by atoms with van der Waals surface area (Å²) in [4.78, 5) is 9.12. The molecule has 1 heterocycles. The van der Waals surface area contributed by atoms with Crippen molar-refractivity contribution in [3.63, 3.8) is 0 Å². The second-order valence-electron chi connectivity index (χ2n) is 1.89. The van der Waals surface area contributed by atoms with E-state index in [1.165, 1.54) is 0 Å². The van der Waals surface area contributed by atoms with Gasteiger partial charge in [0.15, 0.2) is 0 Å². The topological polar surface area (TPSA) is 54.5 Å². The molecule has 53 valence electrons. The molecule has 5 heteroatoms. The van der Waals surface area contributed by atoms with E-state index in [-0.39, 0.29) is 6.01 Å². The lowest BCUT2D eigenvalue weighted by Crippen LogP contribution is -2.06. The monoisotopic (exact) mass is 139 g/mol. The summed E-state index contributed by atoms with van der Waals surface area (Å²) >= 11 is 0. The van der Waals surface area contributed by atoms with Crippen molar-refractivity contribution in [3.8, 4) is 0 Å². The van der Waals surface area contributed by atoms with Gasteiger partial charge in [-0.05, 0) is 0 Å². The molecule has 0 aliphatic rings. The van der Waals surface area contributed by atoms with Crippen molar-refractivity contribution < 1.29 is 4.52 Å². The zero-order valence-electron chi connectivity index (χ0n) is 5.77. The third-order valence-electron chi connectivity index (χ3n) is 0.713. The van der Waals surface area contributed by atoms with E-state index in [1.807, 2.05) is 14.1 Å².